The van der Waals surface area contributed by atoms with Crippen molar-refractivity contribution >= 4 is 33.5 Å². The highest BCUT2D eigenvalue weighted by Gasteiger charge is 2.15. The van der Waals surface area contributed by atoms with Gasteiger partial charge in [0, 0.05) is 18.4 Å². The first kappa shape index (κ1) is 15.4. The van der Waals surface area contributed by atoms with E-state index in [1.165, 1.54) is 0 Å². The van der Waals surface area contributed by atoms with Gasteiger partial charge in [0.1, 0.15) is 5.52 Å². The van der Waals surface area contributed by atoms with Gasteiger partial charge in [-0.25, -0.2) is 4.98 Å². The second-order valence-electron chi connectivity index (χ2n) is 5.00. The van der Waals surface area contributed by atoms with Gasteiger partial charge in [0.15, 0.2) is 11.5 Å². The fourth-order valence-corrected chi connectivity index (χ4v) is 3.27. The van der Waals surface area contributed by atoms with Crippen LogP contribution in [0.3, 0.4) is 0 Å². The number of amides is 1. The van der Waals surface area contributed by atoms with Crippen molar-refractivity contribution in [1.29, 1.82) is 0 Å². The lowest BCUT2D eigenvalue weighted by Gasteiger charge is -2.09. The third-order valence-electron chi connectivity index (χ3n) is 3.39. The largest absolute Gasteiger partial charge is 0.441 e. The van der Waals surface area contributed by atoms with Crippen molar-refractivity contribution in [3.63, 3.8) is 0 Å². The Labute approximate surface area is 136 Å². The summed E-state index contributed by atoms with van der Waals surface area (Å²) < 4.78 is 17.5. The predicted octanol–water partition coefficient (Wildman–Crippen LogP) is 3.52. The van der Waals surface area contributed by atoms with Crippen molar-refractivity contribution in [2.45, 2.75) is 18.7 Å². The van der Waals surface area contributed by atoms with E-state index < -0.39 is 10.8 Å². The molecule has 0 aliphatic heterocycles. The number of hydrogen-bond acceptors (Lipinski definition) is 4. The van der Waals surface area contributed by atoms with Crippen LogP contribution in [0.2, 0.25) is 0 Å². The number of oxazole rings is 1. The molecule has 0 aliphatic rings. The molecule has 3 aromatic rings. The van der Waals surface area contributed by atoms with Gasteiger partial charge < -0.3 is 9.73 Å². The third kappa shape index (κ3) is 3.17. The average Bonchev–Trinajstić information content (AvgIpc) is 2.93. The topological polar surface area (TPSA) is 72.2 Å². The van der Waals surface area contributed by atoms with Crippen LogP contribution in [-0.4, -0.2) is 20.9 Å². The van der Waals surface area contributed by atoms with Crippen LogP contribution in [0.5, 0.6) is 0 Å². The van der Waals surface area contributed by atoms with E-state index in [1.54, 1.807) is 49.4 Å². The first-order valence-corrected chi connectivity index (χ1v) is 8.56. The Morgan fingerprint density at radius 1 is 1.26 bits per heavy atom. The van der Waals surface area contributed by atoms with E-state index in [0.29, 0.717) is 38.9 Å². The van der Waals surface area contributed by atoms with Gasteiger partial charge in [-0.3, -0.25) is 9.00 Å². The number of hydrogen-bond donors (Lipinski definition) is 1. The molecule has 1 amide bonds. The first-order chi connectivity index (χ1) is 11.1. The maximum atomic E-state index is 12.5. The molecule has 1 aromatic heterocycles. The average molecular weight is 328 g/mol. The van der Waals surface area contributed by atoms with Crippen molar-refractivity contribution < 1.29 is 13.4 Å². The highest BCUT2D eigenvalue weighted by atomic mass is 32.2. The summed E-state index contributed by atoms with van der Waals surface area (Å²) in [5.74, 6) is 0.753. The zero-order valence-electron chi connectivity index (χ0n) is 12.8. The standard InChI is InChI=1S/C17H16N2O3S/c1-3-23(21)16-7-5-4-6-13(16)17(20)19-12-8-9-15-14(10-12)18-11(2)22-15/h4-10H,3H2,1-2H3,(H,19,20)/t23-/m1/s1. The quantitative estimate of drug-likeness (QED) is 0.795. The van der Waals surface area contributed by atoms with E-state index in [2.05, 4.69) is 10.3 Å². The van der Waals surface area contributed by atoms with Crippen LogP contribution in [0.15, 0.2) is 51.8 Å². The van der Waals surface area contributed by atoms with Crippen molar-refractivity contribution in [3.8, 4) is 0 Å². The Balaban J connectivity index is 1.90. The van der Waals surface area contributed by atoms with Crippen LogP contribution in [0, 0.1) is 6.92 Å². The number of nitrogens with zero attached hydrogens (tertiary/aromatic N) is 1. The van der Waals surface area contributed by atoms with Gasteiger partial charge in [-0.05, 0) is 30.3 Å². The van der Waals surface area contributed by atoms with Crippen LogP contribution in [-0.2, 0) is 10.8 Å². The highest BCUT2D eigenvalue weighted by Crippen LogP contribution is 2.21. The van der Waals surface area contributed by atoms with Gasteiger partial charge in [0.25, 0.3) is 5.91 Å². The van der Waals surface area contributed by atoms with Crippen LogP contribution in [0.1, 0.15) is 23.2 Å². The Morgan fingerprint density at radius 2 is 2.04 bits per heavy atom. The zero-order valence-corrected chi connectivity index (χ0v) is 13.6. The lowest BCUT2D eigenvalue weighted by Crippen LogP contribution is -2.15. The Bertz CT molecular complexity index is 902. The van der Waals surface area contributed by atoms with Gasteiger partial charge in [-0.15, -0.1) is 0 Å². The fourth-order valence-electron chi connectivity index (χ4n) is 2.33. The Hall–Kier alpha value is -2.47. The van der Waals surface area contributed by atoms with Gasteiger partial charge >= 0.3 is 0 Å². The maximum Gasteiger partial charge on any atom is 0.256 e. The molecule has 0 saturated heterocycles. The molecule has 0 fully saturated rings. The molecule has 0 unspecified atom stereocenters. The second kappa shape index (κ2) is 6.34. The number of rotatable bonds is 4. The minimum atomic E-state index is -1.19. The lowest BCUT2D eigenvalue weighted by atomic mass is 10.2. The molecule has 2 aromatic carbocycles. The molecule has 0 radical (unpaired) electrons. The number of aryl methyl sites for hydroxylation is 1. The summed E-state index contributed by atoms with van der Waals surface area (Å²) in [7, 11) is -1.19. The highest BCUT2D eigenvalue weighted by molar-refractivity contribution is 7.85. The molecule has 1 N–H and O–H groups in total. The summed E-state index contributed by atoms with van der Waals surface area (Å²) >= 11 is 0. The summed E-state index contributed by atoms with van der Waals surface area (Å²) in [6.07, 6.45) is 0. The normalized spacial score (nSPS) is 12.3. The van der Waals surface area contributed by atoms with Gasteiger partial charge in [-0.2, -0.15) is 0 Å². The monoisotopic (exact) mass is 328 g/mol. The zero-order chi connectivity index (χ0) is 16.4. The lowest BCUT2D eigenvalue weighted by molar-refractivity contribution is 0.102. The fraction of sp³-hybridized carbons (Fsp3) is 0.176. The number of benzene rings is 2. The minimum Gasteiger partial charge on any atom is -0.441 e. The molecule has 118 valence electrons. The van der Waals surface area contributed by atoms with Crippen molar-refractivity contribution in [2.24, 2.45) is 0 Å². The summed E-state index contributed by atoms with van der Waals surface area (Å²) in [6, 6.07) is 12.2. The third-order valence-corrected chi connectivity index (χ3v) is 4.76. The van der Waals surface area contributed by atoms with E-state index in [-0.39, 0.29) is 5.91 Å². The van der Waals surface area contributed by atoms with E-state index in [0.717, 1.165) is 0 Å². The molecule has 3 rings (SSSR count). The number of anilines is 1. The molecule has 1 atom stereocenters. The Kier molecular flexibility index (Phi) is 4.25. The molecular formula is C17H16N2O3S. The summed E-state index contributed by atoms with van der Waals surface area (Å²) in [6.45, 7) is 3.60. The SMILES string of the molecule is CC[S@@](=O)c1ccccc1C(=O)Nc1ccc2oc(C)nc2c1. The smallest absolute Gasteiger partial charge is 0.256 e. The van der Waals surface area contributed by atoms with E-state index in [9.17, 15) is 9.00 Å². The minimum absolute atomic E-state index is 0.290. The van der Waals surface area contributed by atoms with Gasteiger partial charge in [0.2, 0.25) is 0 Å². The number of carbonyl (C=O) groups is 1. The number of nitrogens with one attached hydrogen (secondary N) is 1. The van der Waals surface area contributed by atoms with Crippen LogP contribution in [0.25, 0.3) is 11.1 Å². The van der Waals surface area contributed by atoms with Gasteiger partial charge in [-0.1, -0.05) is 19.1 Å². The maximum absolute atomic E-state index is 12.5. The van der Waals surface area contributed by atoms with E-state index >= 15 is 0 Å². The molecular weight excluding hydrogens is 312 g/mol. The molecule has 1 heterocycles. The van der Waals surface area contributed by atoms with Crippen LogP contribution in [0.4, 0.5) is 5.69 Å². The first-order valence-electron chi connectivity index (χ1n) is 7.24. The van der Waals surface area contributed by atoms with Gasteiger partial charge in [0.05, 0.1) is 21.3 Å². The molecule has 23 heavy (non-hydrogen) atoms. The number of fused-ring (bicyclic) bond motifs is 1. The number of aromatic nitrogens is 1. The Morgan fingerprint density at radius 3 is 2.83 bits per heavy atom. The van der Waals surface area contributed by atoms with Crippen molar-refractivity contribution in [1.82, 2.24) is 4.98 Å². The molecule has 0 saturated carbocycles. The molecule has 0 bridgehead atoms. The molecule has 5 nitrogen and oxygen atoms in total. The van der Waals surface area contributed by atoms with E-state index in [1.807, 2.05) is 6.92 Å². The molecule has 6 heteroatoms. The van der Waals surface area contributed by atoms with Crippen molar-refractivity contribution in [3.05, 3.63) is 53.9 Å². The molecule has 0 spiro atoms. The molecule has 0 aliphatic carbocycles. The summed E-state index contributed by atoms with van der Waals surface area (Å²) in [4.78, 5) is 17.3. The summed E-state index contributed by atoms with van der Waals surface area (Å²) in [5, 5.41) is 2.82. The van der Waals surface area contributed by atoms with Crippen molar-refractivity contribution in [2.75, 3.05) is 11.1 Å². The van der Waals surface area contributed by atoms with Crippen LogP contribution >= 0.6 is 0 Å². The van der Waals surface area contributed by atoms with E-state index in [4.69, 9.17) is 4.42 Å². The predicted molar refractivity (Wildman–Crippen MR) is 90.1 cm³/mol. The number of carbonyl (C=O) groups excluding carboxylic acids is 1. The van der Waals surface area contributed by atoms with Crippen LogP contribution < -0.4 is 5.32 Å². The summed E-state index contributed by atoms with van der Waals surface area (Å²) in [5.41, 5.74) is 2.40. The second-order valence-corrected chi connectivity index (χ2v) is 6.71.